The van der Waals surface area contributed by atoms with Crippen molar-refractivity contribution in [3.63, 3.8) is 0 Å². The van der Waals surface area contributed by atoms with Gasteiger partial charge in [0, 0.05) is 24.4 Å². The number of likely N-dealkylation sites (tertiary alicyclic amines) is 1. The summed E-state index contributed by atoms with van der Waals surface area (Å²) in [5.41, 5.74) is 1.24. The van der Waals surface area contributed by atoms with Crippen LogP contribution in [0.5, 0.6) is 0 Å². The van der Waals surface area contributed by atoms with E-state index in [0.29, 0.717) is 12.1 Å². The van der Waals surface area contributed by atoms with E-state index in [-0.39, 0.29) is 16.8 Å². The molecule has 1 aliphatic rings. The van der Waals surface area contributed by atoms with Gasteiger partial charge >= 0.3 is 0 Å². The smallest absolute Gasteiger partial charge is 0.254 e. The van der Waals surface area contributed by atoms with Crippen molar-refractivity contribution < 1.29 is 17.7 Å². The van der Waals surface area contributed by atoms with Gasteiger partial charge in [0.25, 0.3) is 5.91 Å². The molecule has 3 rings (SSSR count). The summed E-state index contributed by atoms with van der Waals surface area (Å²) in [6.07, 6.45) is 2.90. The van der Waals surface area contributed by atoms with Crippen molar-refractivity contribution >= 4 is 15.7 Å². The van der Waals surface area contributed by atoms with Crippen LogP contribution in [0.15, 0.2) is 39.8 Å². The van der Waals surface area contributed by atoms with Crippen LogP contribution in [-0.2, 0) is 9.84 Å². The number of hydrogen-bond acceptors (Lipinski definition) is 5. The Morgan fingerprint density at radius 2 is 2.00 bits per heavy atom. The molecule has 7 heteroatoms. The molecule has 2 aromatic rings. The highest BCUT2D eigenvalue weighted by Gasteiger charge is 2.32. The van der Waals surface area contributed by atoms with E-state index in [0.717, 1.165) is 30.6 Å². The van der Waals surface area contributed by atoms with Gasteiger partial charge in [-0.2, -0.15) is 0 Å². The summed E-state index contributed by atoms with van der Waals surface area (Å²) < 4.78 is 28.1. The van der Waals surface area contributed by atoms with Gasteiger partial charge in [0.05, 0.1) is 10.9 Å². The number of carbonyl (C=O) groups is 1. The lowest BCUT2D eigenvalue weighted by Gasteiger charge is -2.23. The van der Waals surface area contributed by atoms with E-state index >= 15 is 0 Å². The molecular weight excluding hydrogens is 316 g/mol. The molecule has 1 aromatic heterocycles. The van der Waals surface area contributed by atoms with Gasteiger partial charge in [-0.3, -0.25) is 4.79 Å². The van der Waals surface area contributed by atoms with Crippen molar-refractivity contribution in [3.8, 4) is 0 Å². The zero-order chi connectivity index (χ0) is 16.6. The van der Waals surface area contributed by atoms with E-state index < -0.39 is 9.84 Å². The minimum Gasteiger partial charge on any atom is -0.361 e. The van der Waals surface area contributed by atoms with Crippen LogP contribution < -0.4 is 0 Å². The van der Waals surface area contributed by atoms with E-state index in [9.17, 15) is 13.2 Å². The number of carbonyl (C=O) groups excluding carboxylic acids is 1. The monoisotopic (exact) mass is 334 g/mol. The van der Waals surface area contributed by atoms with Crippen LogP contribution in [0.1, 0.15) is 40.7 Å². The number of sulfone groups is 1. The fourth-order valence-corrected chi connectivity index (χ4v) is 3.50. The first-order chi connectivity index (χ1) is 10.9. The number of amides is 1. The number of aryl methyl sites for hydroxylation is 1. The standard InChI is InChI=1S/C16H18N2O4S/c1-11-10-14(17-22-11)15-4-3-9-18(15)16(19)12-5-7-13(8-6-12)23(2,20)21/h5-8,10,15H,3-4,9H2,1-2H3/t15-/m1/s1. The zero-order valence-electron chi connectivity index (χ0n) is 13.0. The fourth-order valence-electron chi connectivity index (χ4n) is 2.87. The van der Waals surface area contributed by atoms with E-state index in [1.807, 2.05) is 13.0 Å². The Balaban J connectivity index is 1.84. The first-order valence-electron chi connectivity index (χ1n) is 7.40. The molecule has 2 heterocycles. The van der Waals surface area contributed by atoms with Gasteiger partial charge in [-0.05, 0) is 44.0 Å². The molecule has 1 amide bonds. The molecule has 6 nitrogen and oxygen atoms in total. The molecule has 0 radical (unpaired) electrons. The summed E-state index contributed by atoms with van der Waals surface area (Å²) in [6.45, 7) is 2.48. The molecule has 23 heavy (non-hydrogen) atoms. The van der Waals surface area contributed by atoms with E-state index in [2.05, 4.69) is 5.16 Å². The predicted molar refractivity (Wildman–Crippen MR) is 83.8 cm³/mol. The average molecular weight is 334 g/mol. The SMILES string of the molecule is Cc1cc([C@H]2CCCN2C(=O)c2ccc(S(C)(=O)=O)cc2)no1. The van der Waals surface area contributed by atoms with Crippen molar-refractivity contribution in [2.45, 2.75) is 30.7 Å². The first kappa shape index (κ1) is 15.7. The third-order valence-electron chi connectivity index (χ3n) is 4.03. The van der Waals surface area contributed by atoms with Gasteiger partial charge in [-0.25, -0.2) is 8.42 Å². The second-order valence-electron chi connectivity index (χ2n) is 5.82. The zero-order valence-corrected chi connectivity index (χ0v) is 13.8. The van der Waals surface area contributed by atoms with Crippen LogP contribution in [-0.4, -0.2) is 37.2 Å². The molecule has 122 valence electrons. The maximum Gasteiger partial charge on any atom is 0.254 e. The van der Waals surface area contributed by atoms with Gasteiger partial charge in [0.15, 0.2) is 9.84 Å². The lowest BCUT2D eigenvalue weighted by atomic mass is 10.1. The molecule has 1 fully saturated rings. The van der Waals surface area contributed by atoms with Crippen LogP contribution in [0.4, 0.5) is 0 Å². The third kappa shape index (κ3) is 3.14. The Bertz CT molecular complexity index is 824. The Kier molecular flexibility index (Phi) is 3.97. The minimum absolute atomic E-state index is 0.0884. The summed E-state index contributed by atoms with van der Waals surface area (Å²) in [7, 11) is -3.26. The van der Waals surface area contributed by atoms with E-state index in [1.54, 1.807) is 17.0 Å². The van der Waals surface area contributed by atoms with Gasteiger partial charge in [-0.1, -0.05) is 5.16 Å². The topological polar surface area (TPSA) is 80.5 Å². The number of rotatable bonds is 3. The quantitative estimate of drug-likeness (QED) is 0.861. The van der Waals surface area contributed by atoms with Crippen molar-refractivity contribution in [3.05, 3.63) is 47.3 Å². The summed E-state index contributed by atoms with van der Waals surface area (Å²) in [5.74, 6) is 0.602. The molecule has 0 saturated carbocycles. The summed E-state index contributed by atoms with van der Waals surface area (Å²) in [5, 5.41) is 4.02. The highest BCUT2D eigenvalue weighted by Crippen LogP contribution is 2.32. The second-order valence-corrected chi connectivity index (χ2v) is 7.83. The van der Waals surface area contributed by atoms with Gasteiger partial charge in [0.1, 0.15) is 11.5 Å². The third-order valence-corrected chi connectivity index (χ3v) is 5.16. The van der Waals surface area contributed by atoms with E-state index in [4.69, 9.17) is 4.52 Å². The molecule has 0 unspecified atom stereocenters. The fraction of sp³-hybridized carbons (Fsp3) is 0.375. The first-order valence-corrected chi connectivity index (χ1v) is 9.30. The normalized spacial score (nSPS) is 18.3. The highest BCUT2D eigenvalue weighted by molar-refractivity contribution is 7.90. The van der Waals surface area contributed by atoms with Crippen molar-refractivity contribution in [2.75, 3.05) is 12.8 Å². The average Bonchev–Trinajstić information content (AvgIpc) is 3.14. The van der Waals surface area contributed by atoms with Crippen LogP contribution >= 0.6 is 0 Å². The molecule has 0 spiro atoms. The molecule has 1 saturated heterocycles. The highest BCUT2D eigenvalue weighted by atomic mass is 32.2. The molecule has 1 aromatic carbocycles. The van der Waals surface area contributed by atoms with Gasteiger partial charge in [0.2, 0.25) is 0 Å². The van der Waals surface area contributed by atoms with Crippen molar-refractivity contribution in [2.24, 2.45) is 0 Å². The van der Waals surface area contributed by atoms with Gasteiger partial charge in [-0.15, -0.1) is 0 Å². The maximum absolute atomic E-state index is 12.7. The molecule has 0 bridgehead atoms. The number of nitrogens with zero attached hydrogens (tertiary/aromatic N) is 2. The molecule has 0 N–H and O–H groups in total. The number of hydrogen-bond donors (Lipinski definition) is 0. The minimum atomic E-state index is -3.26. The predicted octanol–water partition coefficient (Wildman–Crippen LogP) is 2.36. The van der Waals surface area contributed by atoms with Gasteiger partial charge < -0.3 is 9.42 Å². The molecular formula is C16H18N2O4S. The Hall–Kier alpha value is -2.15. The van der Waals surface area contributed by atoms with Crippen molar-refractivity contribution in [1.82, 2.24) is 10.1 Å². The Morgan fingerprint density at radius 3 is 2.57 bits per heavy atom. The lowest BCUT2D eigenvalue weighted by molar-refractivity contribution is 0.0730. The number of benzene rings is 1. The largest absolute Gasteiger partial charge is 0.361 e. The Morgan fingerprint density at radius 1 is 1.30 bits per heavy atom. The maximum atomic E-state index is 12.7. The molecule has 1 aliphatic heterocycles. The Labute approximate surface area is 135 Å². The molecule has 1 atom stereocenters. The molecule has 0 aliphatic carbocycles. The summed E-state index contributed by atoms with van der Waals surface area (Å²) in [6, 6.07) is 7.81. The van der Waals surface area contributed by atoms with E-state index in [1.165, 1.54) is 12.1 Å². The van der Waals surface area contributed by atoms with Crippen molar-refractivity contribution in [1.29, 1.82) is 0 Å². The van der Waals surface area contributed by atoms with Crippen LogP contribution in [0.3, 0.4) is 0 Å². The summed E-state index contributed by atoms with van der Waals surface area (Å²) >= 11 is 0. The van der Waals surface area contributed by atoms with Crippen LogP contribution in [0, 0.1) is 6.92 Å². The second kappa shape index (κ2) is 5.81. The summed E-state index contributed by atoms with van der Waals surface area (Å²) in [4.78, 5) is 14.7. The van der Waals surface area contributed by atoms with Crippen LogP contribution in [0.25, 0.3) is 0 Å². The lowest BCUT2D eigenvalue weighted by Crippen LogP contribution is -2.30. The number of aromatic nitrogens is 1. The van der Waals surface area contributed by atoms with Crippen LogP contribution in [0.2, 0.25) is 0 Å².